The highest BCUT2D eigenvalue weighted by Gasteiger charge is 2.32. The van der Waals surface area contributed by atoms with Gasteiger partial charge in [0.2, 0.25) is 10.0 Å². The first-order valence-electron chi connectivity index (χ1n) is 11.7. The van der Waals surface area contributed by atoms with Crippen molar-refractivity contribution in [2.45, 2.75) is 42.6 Å². The van der Waals surface area contributed by atoms with Crippen LogP contribution in [-0.4, -0.2) is 86.1 Å². The maximum absolute atomic E-state index is 14.1. The highest BCUT2D eigenvalue weighted by molar-refractivity contribution is 8.13. The Morgan fingerprint density at radius 3 is 1.78 bits per heavy atom. The third kappa shape index (κ3) is 9.34. The van der Waals surface area contributed by atoms with Gasteiger partial charge in [-0.1, -0.05) is 0 Å². The monoisotopic (exact) mass is 640 g/mol. The summed E-state index contributed by atoms with van der Waals surface area (Å²) in [6.45, 7) is 5.64. The molecule has 0 radical (unpaired) electrons. The molecular weight excluding hydrogens is 614 g/mol. The Morgan fingerprint density at radius 1 is 0.829 bits per heavy atom. The summed E-state index contributed by atoms with van der Waals surface area (Å²) in [5.74, 6) is -4.80. The number of sulfonamides is 1. The van der Waals surface area contributed by atoms with Crippen LogP contribution in [0.2, 0.25) is 0 Å². The first kappa shape index (κ1) is 33.9. The van der Waals surface area contributed by atoms with E-state index in [-0.39, 0.29) is 30.8 Å². The van der Waals surface area contributed by atoms with Gasteiger partial charge in [-0.25, -0.2) is 40.0 Å². The van der Waals surface area contributed by atoms with E-state index in [1.165, 1.54) is 4.90 Å². The Labute approximate surface area is 239 Å². The second-order valence-electron chi connectivity index (χ2n) is 9.56. The lowest BCUT2D eigenvalue weighted by molar-refractivity contribution is 0.0259. The number of carbonyl (C=O) groups is 3. The predicted octanol–water partition coefficient (Wildman–Crippen LogP) is 3.61. The molecule has 0 atom stereocenters. The first-order valence-corrected chi connectivity index (χ1v) is 15.5. The maximum atomic E-state index is 14.1. The standard InChI is InChI=1S/C17H23FN2O6S.C7H4ClFO4S/c1-17(2,3)26-16(23)19-7-4-8-20(10-9-19)27(24,25)14-11-12(15(21)22)5-6-13(14)18;8-14(12,13)6-3-4(7(10)11)1-2-5(6)9/h5-6,11H,4,7-10H2,1-3H3,(H,21,22);1-3H,(H,10,11). The number of carboxylic acid groups (broad SMARTS) is 2. The molecule has 0 unspecified atom stereocenters. The van der Waals surface area contributed by atoms with Crippen molar-refractivity contribution in [3.05, 3.63) is 59.2 Å². The van der Waals surface area contributed by atoms with Crippen LogP contribution in [0.25, 0.3) is 0 Å². The zero-order valence-corrected chi connectivity index (χ0v) is 24.4. The number of rotatable bonds is 5. The summed E-state index contributed by atoms with van der Waals surface area (Å²) < 4.78 is 80.4. The fraction of sp³-hybridized carbons (Fsp3) is 0.375. The highest BCUT2D eigenvalue weighted by Crippen LogP contribution is 2.23. The van der Waals surface area contributed by atoms with E-state index in [1.54, 1.807) is 20.8 Å². The van der Waals surface area contributed by atoms with Crippen LogP contribution in [-0.2, 0) is 23.8 Å². The number of hydrogen-bond donors (Lipinski definition) is 2. The van der Waals surface area contributed by atoms with Crippen molar-refractivity contribution < 1.29 is 54.9 Å². The van der Waals surface area contributed by atoms with E-state index in [1.807, 2.05) is 0 Å². The van der Waals surface area contributed by atoms with Crippen molar-refractivity contribution in [3.8, 4) is 0 Å². The molecule has 1 fully saturated rings. The fourth-order valence-corrected chi connectivity index (χ4v) is 5.92. The quantitative estimate of drug-likeness (QED) is 0.459. The van der Waals surface area contributed by atoms with Crippen LogP contribution in [0.4, 0.5) is 13.6 Å². The predicted molar refractivity (Wildman–Crippen MR) is 141 cm³/mol. The minimum atomic E-state index is -4.26. The van der Waals surface area contributed by atoms with Gasteiger partial charge in [0.1, 0.15) is 27.0 Å². The molecule has 41 heavy (non-hydrogen) atoms. The van der Waals surface area contributed by atoms with Crippen molar-refractivity contribution >= 4 is 47.8 Å². The Hall–Kier alpha value is -3.34. The minimum absolute atomic E-state index is 0.0433. The topological polar surface area (TPSA) is 176 Å². The molecule has 17 heteroatoms. The van der Waals surface area contributed by atoms with Crippen LogP contribution in [0.15, 0.2) is 46.2 Å². The van der Waals surface area contributed by atoms with E-state index in [9.17, 15) is 40.0 Å². The van der Waals surface area contributed by atoms with Crippen molar-refractivity contribution in [1.82, 2.24) is 9.21 Å². The molecular formula is C24H27ClF2N2O10S2. The van der Waals surface area contributed by atoms with Gasteiger partial charge in [0, 0.05) is 36.9 Å². The number of carboxylic acids is 2. The van der Waals surface area contributed by atoms with E-state index < -0.39 is 64.1 Å². The molecule has 0 bridgehead atoms. The summed E-state index contributed by atoms with van der Waals surface area (Å²) in [5.41, 5.74) is -1.33. The molecule has 0 aliphatic carbocycles. The second-order valence-corrected chi connectivity index (χ2v) is 14.0. The molecule has 1 aliphatic heterocycles. The van der Waals surface area contributed by atoms with Crippen LogP contribution in [0.1, 0.15) is 47.9 Å². The van der Waals surface area contributed by atoms with Crippen LogP contribution in [0.5, 0.6) is 0 Å². The second kappa shape index (κ2) is 13.1. The van der Waals surface area contributed by atoms with E-state index in [4.69, 9.17) is 25.6 Å². The Kier molecular flexibility index (Phi) is 10.8. The fourth-order valence-electron chi connectivity index (χ4n) is 3.44. The summed E-state index contributed by atoms with van der Waals surface area (Å²) in [7, 11) is -3.62. The summed E-state index contributed by atoms with van der Waals surface area (Å²) in [4.78, 5) is 33.6. The van der Waals surface area contributed by atoms with E-state index in [0.717, 1.165) is 34.6 Å². The summed E-state index contributed by atoms with van der Waals surface area (Å²) >= 11 is 0. The minimum Gasteiger partial charge on any atom is -0.478 e. The van der Waals surface area contributed by atoms with Crippen LogP contribution >= 0.6 is 10.7 Å². The molecule has 0 spiro atoms. The van der Waals surface area contributed by atoms with Crippen molar-refractivity contribution in [1.29, 1.82) is 0 Å². The summed E-state index contributed by atoms with van der Waals surface area (Å²) in [5, 5.41) is 17.5. The number of ether oxygens (including phenoxy) is 1. The average molecular weight is 641 g/mol. The molecule has 2 N–H and O–H groups in total. The molecule has 2 aromatic rings. The number of benzene rings is 2. The van der Waals surface area contributed by atoms with Gasteiger partial charge in [-0.3, -0.25) is 0 Å². The number of amides is 1. The van der Waals surface area contributed by atoms with Gasteiger partial charge in [0.05, 0.1) is 11.1 Å². The number of nitrogens with zero attached hydrogens (tertiary/aromatic N) is 2. The largest absolute Gasteiger partial charge is 0.478 e. The molecule has 0 saturated carbocycles. The lowest BCUT2D eigenvalue weighted by Crippen LogP contribution is -2.40. The Morgan fingerprint density at radius 2 is 1.32 bits per heavy atom. The lowest BCUT2D eigenvalue weighted by Gasteiger charge is -2.26. The van der Waals surface area contributed by atoms with Gasteiger partial charge < -0.3 is 19.8 Å². The van der Waals surface area contributed by atoms with Crippen molar-refractivity contribution in [2.24, 2.45) is 0 Å². The SMILES string of the molecule is CC(C)(C)OC(=O)N1CCCN(S(=O)(=O)c2cc(C(=O)O)ccc2F)CC1.O=C(O)c1ccc(F)c(S(=O)(=O)Cl)c1. The molecule has 2 aromatic carbocycles. The smallest absolute Gasteiger partial charge is 0.410 e. The summed E-state index contributed by atoms with van der Waals surface area (Å²) in [6.07, 6.45) is -0.195. The normalized spacial score (nSPS) is 14.8. The van der Waals surface area contributed by atoms with Crippen LogP contribution in [0.3, 0.4) is 0 Å². The maximum Gasteiger partial charge on any atom is 0.410 e. The molecule has 1 amide bonds. The van der Waals surface area contributed by atoms with E-state index in [2.05, 4.69) is 0 Å². The zero-order valence-electron chi connectivity index (χ0n) is 22.0. The van der Waals surface area contributed by atoms with Gasteiger partial charge in [-0.15, -0.1) is 0 Å². The molecule has 1 saturated heterocycles. The Balaban J connectivity index is 0.000000353. The molecule has 12 nitrogen and oxygen atoms in total. The third-order valence-electron chi connectivity index (χ3n) is 5.34. The molecule has 3 rings (SSSR count). The lowest BCUT2D eigenvalue weighted by atomic mass is 10.2. The number of hydrogen-bond acceptors (Lipinski definition) is 8. The number of carbonyl (C=O) groups excluding carboxylic acids is 1. The van der Waals surface area contributed by atoms with E-state index in [0.29, 0.717) is 19.0 Å². The first-order chi connectivity index (χ1) is 18.7. The number of aromatic carboxylic acids is 2. The van der Waals surface area contributed by atoms with Gasteiger partial charge in [-0.05, 0) is 63.6 Å². The number of halogens is 3. The third-order valence-corrected chi connectivity index (χ3v) is 8.59. The Bertz CT molecular complexity index is 1540. The van der Waals surface area contributed by atoms with Crippen molar-refractivity contribution in [3.63, 3.8) is 0 Å². The van der Waals surface area contributed by atoms with Gasteiger partial charge in [-0.2, -0.15) is 4.31 Å². The van der Waals surface area contributed by atoms with Crippen LogP contribution < -0.4 is 0 Å². The van der Waals surface area contributed by atoms with Crippen molar-refractivity contribution in [2.75, 3.05) is 26.2 Å². The van der Waals surface area contributed by atoms with E-state index >= 15 is 0 Å². The van der Waals surface area contributed by atoms with Gasteiger partial charge >= 0.3 is 18.0 Å². The average Bonchev–Trinajstić information content (AvgIpc) is 3.10. The highest BCUT2D eigenvalue weighted by atomic mass is 35.7. The van der Waals surface area contributed by atoms with Gasteiger partial charge in [0.25, 0.3) is 9.05 Å². The van der Waals surface area contributed by atoms with Crippen LogP contribution in [0, 0.1) is 11.6 Å². The molecule has 226 valence electrons. The van der Waals surface area contributed by atoms with Gasteiger partial charge in [0.15, 0.2) is 0 Å². The zero-order chi connectivity index (χ0) is 31.3. The summed E-state index contributed by atoms with van der Waals surface area (Å²) in [6, 6.07) is 4.98. The molecule has 0 aromatic heterocycles. The molecule has 1 heterocycles. The molecule has 1 aliphatic rings.